The molecule has 0 unspecified atom stereocenters. The van der Waals surface area contributed by atoms with E-state index in [-0.39, 0.29) is 0 Å². The number of benzene rings is 1. The maximum absolute atomic E-state index is 5.53. The molecule has 0 atom stereocenters. The first-order valence-corrected chi connectivity index (χ1v) is 7.42. The number of nitrogens with two attached hydrogens (primary N) is 1. The molecule has 20 heavy (non-hydrogen) atoms. The fourth-order valence-electron chi connectivity index (χ4n) is 2.75. The average molecular weight is 272 g/mol. The SMILES string of the molecule is Cc1cc(C)c(C[n+]2ccn(CCCCN)c2)c(C)c1. The van der Waals surface area contributed by atoms with E-state index in [2.05, 4.69) is 60.8 Å². The lowest BCUT2D eigenvalue weighted by Gasteiger charge is -2.09. The fourth-order valence-corrected chi connectivity index (χ4v) is 2.75. The Balaban J connectivity index is 2.07. The minimum atomic E-state index is 0.781. The highest BCUT2D eigenvalue weighted by molar-refractivity contribution is 5.36. The minimum absolute atomic E-state index is 0.781. The Morgan fingerprint density at radius 2 is 1.80 bits per heavy atom. The number of hydrogen-bond donors (Lipinski definition) is 1. The number of hydrogen-bond acceptors (Lipinski definition) is 1. The Morgan fingerprint density at radius 1 is 1.10 bits per heavy atom. The predicted molar refractivity (Wildman–Crippen MR) is 82.7 cm³/mol. The fraction of sp³-hybridized carbons (Fsp3) is 0.471. The van der Waals surface area contributed by atoms with Crippen LogP contribution in [-0.4, -0.2) is 11.1 Å². The molecule has 1 aromatic carbocycles. The number of aromatic nitrogens is 2. The Hall–Kier alpha value is -1.61. The van der Waals surface area contributed by atoms with Gasteiger partial charge in [0, 0.05) is 0 Å². The second-order valence-corrected chi connectivity index (χ2v) is 5.70. The monoisotopic (exact) mass is 272 g/mol. The van der Waals surface area contributed by atoms with E-state index in [4.69, 9.17) is 5.73 Å². The Labute approximate surface area is 122 Å². The number of unbranched alkanes of at least 4 members (excludes halogenated alkanes) is 1. The molecule has 0 spiro atoms. The summed E-state index contributed by atoms with van der Waals surface area (Å²) in [6.45, 7) is 9.34. The molecule has 1 aromatic heterocycles. The molecule has 0 saturated carbocycles. The van der Waals surface area contributed by atoms with Crippen LogP contribution in [0.2, 0.25) is 0 Å². The van der Waals surface area contributed by atoms with Gasteiger partial charge >= 0.3 is 0 Å². The van der Waals surface area contributed by atoms with Crippen molar-refractivity contribution in [2.75, 3.05) is 6.54 Å². The highest BCUT2D eigenvalue weighted by Crippen LogP contribution is 2.15. The number of rotatable bonds is 6. The number of imidazole rings is 1. The van der Waals surface area contributed by atoms with Gasteiger partial charge in [-0.15, -0.1) is 0 Å². The largest absolute Gasteiger partial charge is 0.330 e. The maximum Gasteiger partial charge on any atom is 0.244 e. The summed E-state index contributed by atoms with van der Waals surface area (Å²) in [6.07, 6.45) is 8.73. The van der Waals surface area contributed by atoms with Gasteiger partial charge < -0.3 is 5.73 Å². The van der Waals surface area contributed by atoms with Crippen molar-refractivity contribution in [2.24, 2.45) is 5.73 Å². The summed E-state index contributed by atoms with van der Waals surface area (Å²) in [4.78, 5) is 0. The first kappa shape index (κ1) is 14.8. The summed E-state index contributed by atoms with van der Waals surface area (Å²) in [5.41, 5.74) is 11.1. The lowest BCUT2D eigenvalue weighted by Crippen LogP contribution is -2.32. The van der Waals surface area contributed by atoms with Gasteiger partial charge in [0.05, 0.1) is 6.54 Å². The van der Waals surface area contributed by atoms with Crippen LogP contribution in [0, 0.1) is 20.8 Å². The first-order valence-electron chi connectivity index (χ1n) is 7.42. The van der Waals surface area contributed by atoms with Crippen LogP contribution in [0.3, 0.4) is 0 Å². The lowest BCUT2D eigenvalue weighted by molar-refractivity contribution is -0.688. The first-order chi connectivity index (χ1) is 9.60. The smallest absolute Gasteiger partial charge is 0.244 e. The van der Waals surface area contributed by atoms with Crippen molar-refractivity contribution in [1.29, 1.82) is 0 Å². The molecule has 0 aliphatic rings. The second kappa shape index (κ2) is 6.71. The van der Waals surface area contributed by atoms with E-state index in [1.807, 2.05) is 0 Å². The molecule has 0 amide bonds. The molecular weight excluding hydrogens is 246 g/mol. The third-order valence-electron chi connectivity index (χ3n) is 3.80. The number of nitrogens with zero attached hydrogens (tertiary/aromatic N) is 2. The predicted octanol–water partition coefficient (Wildman–Crippen LogP) is 2.49. The third kappa shape index (κ3) is 3.70. The molecule has 2 aromatic rings. The molecular formula is C17H26N3+. The molecule has 0 aliphatic heterocycles. The van der Waals surface area contributed by atoms with Crippen molar-refractivity contribution in [2.45, 2.75) is 46.7 Å². The second-order valence-electron chi connectivity index (χ2n) is 5.70. The molecule has 0 saturated heterocycles. The van der Waals surface area contributed by atoms with Gasteiger partial charge in [0.15, 0.2) is 0 Å². The van der Waals surface area contributed by atoms with Crippen molar-refractivity contribution < 1.29 is 4.57 Å². The summed E-state index contributed by atoms with van der Waals surface area (Å²) in [6, 6.07) is 4.53. The van der Waals surface area contributed by atoms with Crippen LogP contribution in [-0.2, 0) is 13.1 Å². The highest BCUT2D eigenvalue weighted by Gasteiger charge is 2.09. The van der Waals surface area contributed by atoms with E-state index >= 15 is 0 Å². The molecule has 0 radical (unpaired) electrons. The van der Waals surface area contributed by atoms with Gasteiger partial charge in [-0.1, -0.05) is 17.7 Å². The van der Waals surface area contributed by atoms with Crippen LogP contribution < -0.4 is 10.3 Å². The molecule has 108 valence electrons. The quantitative estimate of drug-likeness (QED) is 0.636. The normalized spacial score (nSPS) is 11.0. The zero-order chi connectivity index (χ0) is 14.5. The molecule has 3 heteroatoms. The molecule has 0 aliphatic carbocycles. The Morgan fingerprint density at radius 3 is 2.45 bits per heavy atom. The minimum Gasteiger partial charge on any atom is -0.330 e. The lowest BCUT2D eigenvalue weighted by atomic mass is 10.00. The van der Waals surface area contributed by atoms with E-state index in [1.165, 1.54) is 22.3 Å². The summed E-state index contributed by atoms with van der Waals surface area (Å²) in [5.74, 6) is 0. The van der Waals surface area contributed by atoms with Crippen LogP contribution in [0.15, 0.2) is 30.9 Å². The maximum atomic E-state index is 5.53. The summed E-state index contributed by atoms with van der Waals surface area (Å²) < 4.78 is 4.50. The molecule has 2 N–H and O–H groups in total. The van der Waals surface area contributed by atoms with E-state index in [1.54, 1.807) is 0 Å². The van der Waals surface area contributed by atoms with Crippen LogP contribution in [0.4, 0.5) is 0 Å². The van der Waals surface area contributed by atoms with Crippen molar-refractivity contribution in [3.05, 3.63) is 53.1 Å². The van der Waals surface area contributed by atoms with Gasteiger partial charge in [-0.05, 0) is 56.8 Å². The van der Waals surface area contributed by atoms with E-state index in [9.17, 15) is 0 Å². The highest BCUT2D eigenvalue weighted by atomic mass is 15.1. The molecule has 1 heterocycles. The average Bonchev–Trinajstić information content (AvgIpc) is 2.82. The van der Waals surface area contributed by atoms with Crippen LogP contribution >= 0.6 is 0 Å². The van der Waals surface area contributed by atoms with Crippen LogP contribution in [0.1, 0.15) is 35.1 Å². The van der Waals surface area contributed by atoms with E-state index < -0.39 is 0 Å². The van der Waals surface area contributed by atoms with Gasteiger partial charge in [0.25, 0.3) is 0 Å². The van der Waals surface area contributed by atoms with Crippen molar-refractivity contribution in [3.63, 3.8) is 0 Å². The molecule has 0 bridgehead atoms. The zero-order valence-electron chi connectivity index (χ0n) is 12.9. The summed E-state index contributed by atoms with van der Waals surface area (Å²) >= 11 is 0. The van der Waals surface area contributed by atoms with Gasteiger partial charge in [0.1, 0.15) is 18.9 Å². The van der Waals surface area contributed by atoms with Gasteiger partial charge in [0.2, 0.25) is 6.33 Å². The third-order valence-corrected chi connectivity index (χ3v) is 3.80. The standard InChI is InChI=1S/C17H26N3/c1-14-10-15(2)17(16(3)11-14)12-20-9-8-19(13-20)7-5-4-6-18/h8-11,13H,4-7,12,18H2,1-3H3/q+1. The molecule has 0 fully saturated rings. The van der Waals surface area contributed by atoms with Crippen LogP contribution in [0.5, 0.6) is 0 Å². The van der Waals surface area contributed by atoms with Crippen molar-refractivity contribution in [3.8, 4) is 0 Å². The van der Waals surface area contributed by atoms with Gasteiger partial charge in [-0.3, -0.25) is 0 Å². The Bertz CT molecular complexity index is 546. The van der Waals surface area contributed by atoms with Crippen molar-refractivity contribution in [1.82, 2.24) is 4.57 Å². The van der Waals surface area contributed by atoms with Gasteiger partial charge in [-0.25, -0.2) is 9.13 Å². The topological polar surface area (TPSA) is 34.8 Å². The summed E-state index contributed by atoms with van der Waals surface area (Å²) in [5, 5.41) is 0. The van der Waals surface area contributed by atoms with E-state index in [0.717, 1.165) is 32.5 Å². The zero-order valence-corrected chi connectivity index (χ0v) is 12.9. The van der Waals surface area contributed by atoms with Gasteiger partial charge in [-0.2, -0.15) is 0 Å². The van der Waals surface area contributed by atoms with E-state index in [0.29, 0.717) is 0 Å². The Kier molecular flexibility index (Phi) is 4.96. The van der Waals surface area contributed by atoms with Crippen molar-refractivity contribution >= 4 is 0 Å². The van der Waals surface area contributed by atoms with Crippen LogP contribution in [0.25, 0.3) is 0 Å². The number of aryl methyl sites for hydroxylation is 4. The molecule has 3 nitrogen and oxygen atoms in total. The summed E-state index contributed by atoms with van der Waals surface area (Å²) in [7, 11) is 0. The molecule has 2 rings (SSSR count).